The summed E-state index contributed by atoms with van der Waals surface area (Å²) >= 11 is 12.1. The highest BCUT2D eigenvalue weighted by molar-refractivity contribution is 6.35. The van der Waals surface area contributed by atoms with E-state index in [1.165, 1.54) is 12.8 Å². The second kappa shape index (κ2) is 7.71. The lowest BCUT2D eigenvalue weighted by molar-refractivity contribution is 0.370. The molecule has 21 heavy (non-hydrogen) atoms. The van der Waals surface area contributed by atoms with Crippen LogP contribution < -0.4 is 0 Å². The summed E-state index contributed by atoms with van der Waals surface area (Å²) in [5.74, 6) is 1.04. The highest BCUT2D eigenvalue weighted by Crippen LogP contribution is 2.22. The summed E-state index contributed by atoms with van der Waals surface area (Å²) in [6, 6.07) is 5.61. The van der Waals surface area contributed by atoms with Gasteiger partial charge in [-0.05, 0) is 30.2 Å². The maximum Gasteiger partial charge on any atom is 0.126 e. The van der Waals surface area contributed by atoms with E-state index in [1.54, 1.807) is 6.07 Å². The fourth-order valence-electron chi connectivity index (χ4n) is 2.16. The Morgan fingerprint density at radius 3 is 2.76 bits per heavy atom. The maximum absolute atomic E-state index is 6.21. The van der Waals surface area contributed by atoms with Crippen molar-refractivity contribution >= 4 is 29.0 Å². The van der Waals surface area contributed by atoms with Gasteiger partial charge in [-0.2, -0.15) is 0 Å². The van der Waals surface area contributed by atoms with Gasteiger partial charge in [0.2, 0.25) is 0 Å². The molecule has 1 aliphatic rings. The van der Waals surface area contributed by atoms with Gasteiger partial charge in [0.05, 0.1) is 0 Å². The van der Waals surface area contributed by atoms with Crippen LogP contribution in [-0.2, 0) is 6.54 Å². The third kappa shape index (κ3) is 4.65. The van der Waals surface area contributed by atoms with E-state index in [2.05, 4.69) is 41.0 Å². The molecule has 0 saturated heterocycles. The molecule has 5 heteroatoms. The summed E-state index contributed by atoms with van der Waals surface area (Å²) in [4.78, 5) is 8.95. The van der Waals surface area contributed by atoms with Crippen molar-refractivity contribution < 1.29 is 0 Å². The van der Waals surface area contributed by atoms with Crippen molar-refractivity contribution in [1.82, 2.24) is 9.80 Å². The summed E-state index contributed by atoms with van der Waals surface area (Å²) in [5.41, 5.74) is 1.06. The van der Waals surface area contributed by atoms with Gasteiger partial charge in [0, 0.05) is 36.4 Å². The molecule has 1 aromatic carbocycles. The SMILES string of the molecule is CCCCN(C)C1=NCN(Cc2ccc(Cl)cc2Cl)C=C1. The number of amidine groups is 1. The van der Waals surface area contributed by atoms with E-state index in [4.69, 9.17) is 23.2 Å². The number of rotatable bonds is 5. The third-order valence-electron chi connectivity index (χ3n) is 3.48. The van der Waals surface area contributed by atoms with Gasteiger partial charge in [-0.15, -0.1) is 0 Å². The van der Waals surface area contributed by atoms with Gasteiger partial charge in [-0.25, -0.2) is 4.99 Å². The van der Waals surface area contributed by atoms with E-state index in [9.17, 15) is 0 Å². The molecule has 0 bridgehead atoms. The second-order valence-electron chi connectivity index (χ2n) is 5.23. The minimum atomic E-state index is 0.654. The van der Waals surface area contributed by atoms with Crippen LogP contribution in [0, 0.1) is 0 Å². The Labute approximate surface area is 136 Å². The average Bonchev–Trinajstić information content (AvgIpc) is 2.48. The summed E-state index contributed by atoms with van der Waals surface area (Å²) in [5, 5.41) is 1.36. The molecule has 0 amide bonds. The van der Waals surface area contributed by atoms with Crippen molar-refractivity contribution in [2.24, 2.45) is 4.99 Å². The molecule has 0 spiro atoms. The quantitative estimate of drug-likeness (QED) is 0.798. The summed E-state index contributed by atoms with van der Waals surface area (Å²) in [6.07, 6.45) is 6.52. The second-order valence-corrected chi connectivity index (χ2v) is 6.07. The van der Waals surface area contributed by atoms with Crippen LogP contribution in [0.25, 0.3) is 0 Å². The van der Waals surface area contributed by atoms with Crippen LogP contribution >= 0.6 is 23.2 Å². The predicted molar refractivity (Wildman–Crippen MR) is 91.0 cm³/mol. The zero-order valence-corrected chi connectivity index (χ0v) is 14.0. The van der Waals surface area contributed by atoms with Gasteiger partial charge >= 0.3 is 0 Å². The Balaban J connectivity index is 1.92. The van der Waals surface area contributed by atoms with Crippen molar-refractivity contribution in [2.45, 2.75) is 26.3 Å². The molecule has 1 heterocycles. The molecular formula is C16H21Cl2N3. The van der Waals surface area contributed by atoms with Crippen molar-refractivity contribution in [3.8, 4) is 0 Å². The Morgan fingerprint density at radius 1 is 1.33 bits per heavy atom. The lowest BCUT2D eigenvalue weighted by atomic mass is 10.2. The minimum Gasteiger partial charge on any atom is -0.360 e. The van der Waals surface area contributed by atoms with E-state index in [1.807, 2.05) is 12.1 Å². The average molecular weight is 326 g/mol. The Hall–Kier alpha value is -1.19. The molecule has 1 aromatic rings. The van der Waals surface area contributed by atoms with Crippen LogP contribution in [-0.4, -0.2) is 35.9 Å². The van der Waals surface area contributed by atoms with Crippen LogP contribution in [0.2, 0.25) is 10.0 Å². The lowest BCUT2D eigenvalue weighted by Crippen LogP contribution is -2.31. The van der Waals surface area contributed by atoms with E-state index < -0.39 is 0 Å². The lowest BCUT2D eigenvalue weighted by Gasteiger charge is -2.26. The van der Waals surface area contributed by atoms with Crippen LogP contribution in [0.15, 0.2) is 35.5 Å². The number of halogens is 2. The van der Waals surface area contributed by atoms with E-state index in [0.29, 0.717) is 16.7 Å². The summed E-state index contributed by atoms with van der Waals surface area (Å²) in [6.45, 7) is 4.63. The first-order valence-corrected chi connectivity index (χ1v) is 7.97. The molecule has 0 aliphatic carbocycles. The molecule has 2 rings (SSSR count). The number of likely N-dealkylation sites (N-methyl/N-ethyl adjacent to an activating group) is 1. The van der Waals surface area contributed by atoms with E-state index in [0.717, 1.165) is 24.5 Å². The Bertz CT molecular complexity index is 540. The predicted octanol–water partition coefficient (Wildman–Crippen LogP) is 4.41. The number of hydrogen-bond acceptors (Lipinski definition) is 3. The zero-order valence-electron chi connectivity index (χ0n) is 12.5. The molecule has 0 unspecified atom stereocenters. The van der Waals surface area contributed by atoms with Crippen molar-refractivity contribution in [3.63, 3.8) is 0 Å². The number of hydrogen-bond donors (Lipinski definition) is 0. The monoisotopic (exact) mass is 325 g/mol. The van der Waals surface area contributed by atoms with Crippen molar-refractivity contribution in [3.05, 3.63) is 46.1 Å². The van der Waals surface area contributed by atoms with E-state index in [-0.39, 0.29) is 0 Å². The first-order chi connectivity index (χ1) is 10.1. The van der Waals surface area contributed by atoms with Crippen LogP contribution in [0.4, 0.5) is 0 Å². The zero-order chi connectivity index (χ0) is 15.2. The smallest absolute Gasteiger partial charge is 0.126 e. The highest BCUT2D eigenvalue weighted by atomic mass is 35.5. The highest BCUT2D eigenvalue weighted by Gasteiger charge is 2.11. The molecule has 0 aromatic heterocycles. The van der Waals surface area contributed by atoms with Crippen molar-refractivity contribution in [1.29, 1.82) is 0 Å². The van der Waals surface area contributed by atoms with Gasteiger partial charge in [0.15, 0.2) is 0 Å². The summed E-state index contributed by atoms with van der Waals surface area (Å²) in [7, 11) is 2.09. The molecule has 3 nitrogen and oxygen atoms in total. The molecule has 0 saturated carbocycles. The van der Waals surface area contributed by atoms with Gasteiger partial charge in [-0.1, -0.05) is 42.6 Å². The largest absolute Gasteiger partial charge is 0.360 e. The van der Waals surface area contributed by atoms with Crippen LogP contribution in [0.5, 0.6) is 0 Å². The third-order valence-corrected chi connectivity index (χ3v) is 4.06. The maximum atomic E-state index is 6.21. The first-order valence-electron chi connectivity index (χ1n) is 7.22. The Morgan fingerprint density at radius 2 is 2.14 bits per heavy atom. The molecular weight excluding hydrogens is 305 g/mol. The van der Waals surface area contributed by atoms with Crippen molar-refractivity contribution in [2.75, 3.05) is 20.3 Å². The molecule has 0 N–H and O–H groups in total. The summed E-state index contributed by atoms with van der Waals surface area (Å²) < 4.78 is 0. The van der Waals surface area contributed by atoms with Crippen LogP contribution in [0.3, 0.4) is 0 Å². The first kappa shape index (κ1) is 16.2. The molecule has 114 valence electrons. The van der Waals surface area contributed by atoms with Gasteiger partial charge in [-0.3, -0.25) is 0 Å². The number of benzene rings is 1. The van der Waals surface area contributed by atoms with Gasteiger partial charge in [0.25, 0.3) is 0 Å². The molecule has 1 aliphatic heterocycles. The fourth-order valence-corrected chi connectivity index (χ4v) is 2.63. The Kier molecular flexibility index (Phi) is 5.95. The fraction of sp³-hybridized carbons (Fsp3) is 0.438. The number of unbranched alkanes of at least 4 members (excludes halogenated alkanes) is 1. The minimum absolute atomic E-state index is 0.654. The van der Waals surface area contributed by atoms with E-state index >= 15 is 0 Å². The molecule has 0 fully saturated rings. The molecule has 0 radical (unpaired) electrons. The van der Waals surface area contributed by atoms with Gasteiger partial charge in [0.1, 0.15) is 12.5 Å². The normalized spacial score (nSPS) is 14.3. The number of nitrogens with zero attached hydrogens (tertiary/aromatic N) is 3. The number of aliphatic imine (C=N–C) groups is 1. The molecule has 0 atom stereocenters. The standard InChI is InChI=1S/C16H21Cl2N3/c1-3-4-8-20(2)16-7-9-21(12-19-16)11-13-5-6-14(17)10-15(13)18/h5-7,9-10H,3-4,8,11-12H2,1-2H3. The van der Waals surface area contributed by atoms with Crippen LogP contribution in [0.1, 0.15) is 25.3 Å². The van der Waals surface area contributed by atoms with Gasteiger partial charge < -0.3 is 9.80 Å². The topological polar surface area (TPSA) is 18.8 Å².